The van der Waals surface area contributed by atoms with E-state index in [1.165, 1.54) is 35.7 Å². The van der Waals surface area contributed by atoms with Gasteiger partial charge in [0.2, 0.25) is 0 Å². The lowest BCUT2D eigenvalue weighted by Crippen LogP contribution is -2.30. The zero-order valence-corrected chi connectivity index (χ0v) is 12.6. The van der Waals surface area contributed by atoms with Crippen LogP contribution in [0, 0.1) is 5.92 Å². The van der Waals surface area contributed by atoms with Gasteiger partial charge in [0.1, 0.15) is 9.71 Å². The number of amides is 1. The maximum atomic E-state index is 12.2. The third-order valence-electron chi connectivity index (χ3n) is 3.52. The number of rotatable bonds is 3. The van der Waals surface area contributed by atoms with Gasteiger partial charge in [0, 0.05) is 11.9 Å². The predicted octanol–water partition coefficient (Wildman–Crippen LogP) is 2.15. The zero-order valence-electron chi connectivity index (χ0n) is 11.0. The molecule has 3 N–H and O–H groups in total. The first-order chi connectivity index (χ1) is 9.75. The molecule has 0 saturated carbocycles. The summed E-state index contributed by atoms with van der Waals surface area (Å²) in [6, 6.07) is 1.79. The molecule has 1 fully saturated rings. The van der Waals surface area contributed by atoms with Crippen LogP contribution in [-0.4, -0.2) is 34.2 Å². The molecule has 1 amide bonds. The number of aromatic nitrogens is 2. The lowest BCUT2D eigenvalue weighted by molar-refractivity contribution is 0.0951. The summed E-state index contributed by atoms with van der Waals surface area (Å²) in [5.74, 6) is 2.89. The van der Waals surface area contributed by atoms with Crippen molar-refractivity contribution in [2.45, 2.75) is 12.8 Å². The smallest absolute Gasteiger partial charge is 0.263 e. The summed E-state index contributed by atoms with van der Waals surface area (Å²) in [6.07, 6.45) is 3.95. The molecule has 5 nitrogen and oxygen atoms in total. The monoisotopic (exact) mass is 308 g/mol. The number of hydrogen-bond donors (Lipinski definition) is 2. The Morgan fingerprint density at radius 1 is 1.45 bits per heavy atom. The number of nitrogens with zero attached hydrogens (tertiary/aromatic N) is 2. The molecule has 0 radical (unpaired) electrons. The average Bonchev–Trinajstić information content (AvgIpc) is 2.84. The van der Waals surface area contributed by atoms with E-state index in [0.717, 1.165) is 11.9 Å². The SMILES string of the molecule is Nc1c(C(=O)NCC2CCSCC2)sc2nnccc12. The van der Waals surface area contributed by atoms with E-state index >= 15 is 0 Å². The van der Waals surface area contributed by atoms with Crippen LogP contribution in [0.1, 0.15) is 22.5 Å². The molecule has 20 heavy (non-hydrogen) atoms. The van der Waals surface area contributed by atoms with E-state index in [-0.39, 0.29) is 5.91 Å². The molecule has 1 saturated heterocycles. The van der Waals surface area contributed by atoms with Gasteiger partial charge in [-0.15, -0.1) is 16.4 Å². The topological polar surface area (TPSA) is 80.9 Å². The molecule has 2 aromatic heterocycles. The highest BCUT2D eigenvalue weighted by molar-refractivity contribution is 7.99. The molecule has 0 aliphatic carbocycles. The van der Waals surface area contributed by atoms with Gasteiger partial charge in [0.05, 0.1) is 11.9 Å². The molecule has 106 valence electrons. The van der Waals surface area contributed by atoms with Crippen molar-refractivity contribution in [1.82, 2.24) is 15.5 Å². The normalized spacial score (nSPS) is 16.4. The quantitative estimate of drug-likeness (QED) is 0.908. The number of thiophene rings is 1. The second kappa shape index (κ2) is 5.97. The number of carbonyl (C=O) groups is 1. The Bertz CT molecular complexity index is 622. The molecule has 2 aromatic rings. The van der Waals surface area contributed by atoms with Crippen molar-refractivity contribution in [2.24, 2.45) is 5.92 Å². The molecule has 7 heteroatoms. The van der Waals surface area contributed by atoms with Gasteiger partial charge in [-0.05, 0) is 36.3 Å². The standard InChI is InChI=1S/C13H16N4OS2/c14-10-9-1-4-16-17-13(9)20-11(10)12(18)15-7-8-2-5-19-6-3-8/h1,4,8H,2-3,5-7,14H2,(H,15,18). The van der Waals surface area contributed by atoms with Crippen molar-refractivity contribution in [3.05, 3.63) is 17.1 Å². The molecule has 3 heterocycles. The number of hydrogen-bond acceptors (Lipinski definition) is 6. The van der Waals surface area contributed by atoms with Crippen LogP contribution in [0.5, 0.6) is 0 Å². The highest BCUT2D eigenvalue weighted by atomic mass is 32.2. The summed E-state index contributed by atoms with van der Waals surface area (Å²) < 4.78 is 0. The highest BCUT2D eigenvalue weighted by Gasteiger charge is 2.19. The highest BCUT2D eigenvalue weighted by Crippen LogP contribution is 2.31. The van der Waals surface area contributed by atoms with Crippen molar-refractivity contribution in [1.29, 1.82) is 0 Å². The van der Waals surface area contributed by atoms with Crippen LogP contribution < -0.4 is 11.1 Å². The number of anilines is 1. The lowest BCUT2D eigenvalue weighted by atomic mass is 10.0. The van der Waals surface area contributed by atoms with Crippen LogP contribution in [0.15, 0.2) is 12.3 Å². The predicted molar refractivity (Wildman–Crippen MR) is 84.2 cm³/mol. The van der Waals surface area contributed by atoms with Crippen LogP contribution in [0.4, 0.5) is 5.69 Å². The van der Waals surface area contributed by atoms with E-state index in [2.05, 4.69) is 15.5 Å². The van der Waals surface area contributed by atoms with E-state index < -0.39 is 0 Å². The second-order valence-corrected chi connectivity index (χ2v) is 7.08. The Morgan fingerprint density at radius 2 is 2.25 bits per heavy atom. The minimum Gasteiger partial charge on any atom is -0.397 e. The first kappa shape index (κ1) is 13.6. The average molecular weight is 308 g/mol. The van der Waals surface area contributed by atoms with Gasteiger partial charge in [-0.2, -0.15) is 16.9 Å². The molecule has 0 unspecified atom stereocenters. The molecule has 3 rings (SSSR count). The van der Waals surface area contributed by atoms with E-state index in [4.69, 9.17) is 5.73 Å². The van der Waals surface area contributed by atoms with Crippen molar-refractivity contribution in [2.75, 3.05) is 23.8 Å². The van der Waals surface area contributed by atoms with Gasteiger partial charge in [0.25, 0.3) is 5.91 Å². The van der Waals surface area contributed by atoms with E-state index in [0.29, 0.717) is 21.3 Å². The number of nitrogens with one attached hydrogen (secondary N) is 1. The Hall–Kier alpha value is -1.34. The molecule has 1 aliphatic heterocycles. The first-order valence-corrected chi connectivity index (χ1v) is 8.58. The van der Waals surface area contributed by atoms with Crippen LogP contribution in [0.3, 0.4) is 0 Å². The van der Waals surface area contributed by atoms with Gasteiger partial charge >= 0.3 is 0 Å². The number of fused-ring (bicyclic) bond motifs is 1. The maximum Gasteiger partial charge on any atom is 0.263 e. The lowest BCUT2D eigenvalue weighted by Gasteiger charge is -2.21. The van der Waals surface area contributed by atoms with Crippen molar-refractivity contribution in [3.8, 4) is 0 Å². The van der Waals surface area contributed by atoms with Crippen LogP contribution in [0.2, 0.25) is 0 Å². The zero-order chi connectivity index (χ0) is 13.9. The minimum atomic E-state index is -0.0938. The Labute approximate surface area is 125 Å². The van der Waals surface area contributed by atoms with Gasteiger partial charge in [0.15, 0.2) is 0 Å². The van der Waals surface area contributed by atoms with E-state index in [1.807, 2.05) is 11.8 Å². The first-order valence-electron chi connectivity index (χ1n) is 6.61. The molecule has 0 bridgehead atoms. The fraction of sp³-hybridized carbons (Fsp3) is 0.462. The van der Waals surface area contributed by atoms with Crippen LogP contribution in [-0.2, 0) is 0 Å². The Kier molecular flexibility index (Phi) is 4.07. The second-order valence-electron chi connectivity index (χ2n) is 4.86. The third-order valence-corrected chi connectivity index (χ3v) is 5.67. The number of nitrogen functional groups attached to an aromatic ring is 1. The van der Waals surface area contributed by atoms with Gasteiger partial charge in [-0.25, -0.2) is 0 Å². The number of thioether (sulfide) groups is 1. The summed E-state index contributed by atoms with van der Waals surface area (Å²) in [7, 11) is 0. The summed E-state index contributed by atoms with van der Waals surface area (Å²) in [4.78, 5) is 13.5. The Balaban J connectivity index is 1.70. The molecule has 0 aromatic carbocycles. The van der Waals surface area contributed by atoms with Crippen molar-refractivity contribution < 1.29 is 4.79 Å². The summed E-state index contributed by atoms with van der Waals surface area (Å²) >= 11 is 3.29. The summed E-state index contributed by atoms with van der Waals surface area (Å²) in [5.41, 5.74) is 6.54. The number of nitrogens with two attached hydrogens (primary N) is 1. The van der Waals surface area contributed by atoms with Crippen molar-refractivity contribution in [3.63, 3.8) is 0 Å². The van der Waals surface area contributed by atoms with E-state index in [1.54, 1.807) is 12.3 Å². The van der Waals surface area contributed by atoms with Crippen LogP contribution >= 0.6 is 23.1 Å². The summed E-state index contributed by atoms with van der Waals surface area (Å²) in [6.45, 7) is 0.735. The van der Waals surface area contributed by atoms with Gasteiger partial charge < -0.3 is 11.1 Å². The molecular weight excluding hydrogens is 292 g/mol. The van der Waals surface area contributed by atoms with E-state index in [9.17, 15) is 4.79 Å². The van der Waals surface area contributed by atoms with Gasteiger partial charge in [-0.3, -0.25) is 4.79 Å². The van der Waals surface area contributed by atoms with Crippen LogP contribution in [0.25, 0.3) is 10.2 Å². The maximum absolute atomic E-state index is 12.2. The van der Waals surface area contributed by atoms with Crippen molar-refractivity contribution >= 4 is 44.9 Å². The largest absolute Gasteiger partial charge is 0.397 e. The minimum absolute atomic E-state index is 0.0938. The molecule has 0 atom stereocenters. The molecule has 1 aliphatic rings. The third kappa shape index (κ3) is 2.73. The fourth-order valence-corrected chi connectivity index (χ4v) is 4.47. The molecule has 0 spiro atoms. The number of carbonyl (C=O) groups excluding carboxylic acids is 1. The fourth-order valence-electron chi connectivity index (χ4n) is 2.31. The Morgan fingerprint density at radius 3 is 3.00 bits per heavy atom. The summed E-state index contributed by atoms with van der Waals surface area (Å²) in [5, 5.41) is 11.6. The van der Waals surface area contributed by atoms with Gasteiger partial charge in [-0.1, -0.05) is 0 Å². The molecular formula is C13H16N4OS2.